The van der Waals surface area contributed by atoms with Crippen molar-refractivity contribution in [2.45, 2.75) is 25.3 Å². The molecule has 2 amide bonds. The molecule has 8 heteroatoms. The number of aryl methyl sites for hydroxylation is 1. The smallest absolute Gasteiger partial charge is 0.269 e. The van der Waals surface area contributed by atoms with E-state index in [0.29, 0.717) is 29.2 Å². The molecule has 8 nitrogen and oxygen atoms in total. The third kappa shape index (κ3) is 5.65. The van der Waals surface area contributed by atoms with E-state index in [0.717, 1.165) is 40.6 Å². The third-order valence-corrected chi connectivity index (χ3v) is 7.50. The summed E-state index contributed by atoms with van der Waals surface area (Å²) in [6.45, 7) is 0. The zero-order valence-electron chi connectivity index (χ0n) is 23.4. The second-order valence-corrected chi connectivity index (χ2v) is 10.2. The minimum absolute atomic E-state index is 0.0463. The fraction of sp³-hybridized carbons (Fsp3) is 0.176. The van der Waals surface area contributed by atoms with Crippen molar-refractivity contribution < 1.29 is 19.1 Å². The van der Waals surface area contributed by atoms with Gasteiger partial charge in [-0.2, -0.15) is 0 Å². The van der Waals surface area contributed by atoms with Crippen LogP contribution in [0, 0.1) is 0 Å². The number of rotatable bonds is 7. The molecular formula is C34H30N4O4. The van der Waals surface area contributed by atoms with Crippen molar-refractivity contribution in [3.8, 4) is 28.5 Å². The first kappa shape index (κ1) is 27.0. The number of benzene rings is 3. The molecule has 1 aliphatic carbocycles. The maximum Gasteiger partial charge on any atom is 0.269 e. The fourth-order valence-electron chi connectivity index (χ4n) is 5.32. The Hall–Kier alpha value is -5.24. The van der Waals surface area contributed by atoms with Crippen molar-refractivity contribution in [3.05, 3.63) is 114 Å². The normalized spacial score (nSPS) is 14.1. The number of hydrogen-bond acceptors (Lipinski definition) is 6. The molecule has 0 saturated heterocycles. The van der Waals surface area contributed by atoms with Crippen LogP contribution in [-0.4, -0.2) is 42.0 Å². The highest BCUT2D eigenvalue weighted by Gasteiger charge is 2.23. The summed E-state index contributed by atoms with van der Waals surface area (Å²) in [5, 5.41) is 6.59. The number of nitrogens with one attached hydrogen (secondary N) is 2. The summed E-state index contributed by atoms with van der Waals surface area (Å²) in [6, 6.07) is 26.6. The second-order valence-electron chi connectivity index (χ2n) is 10.2. The maximum atomic E-state index is 13.8. The highest BCUT2D eigenvalue weighted by atomic mass is 16.5. The van der Waals surface area contributed by atoms with Gasteiger partial charge in [-0.15, -0.1) is 0 Å². The quantitative estimate of drug-likeness (QED) is 0.264. The number of carbonyl (C=O) groups excluding carboxylic acids is 2. The van der Waals surface area contributed by atoms with Crippen LogP contribution in [0.15, 0.2) is 91.1 Å². The molecule has 0 spiro atoms. The molecule has 42 heavy (non-hydrogen) atoms. The number of carbonyl (C=O) groups is 2. The monoisotopic (exact) mass is 558 g/mol. The van der Waals surface area contributed by atoms with Gasteiger partial charge < -0.3 is 20.1 Å². The molecule has 210 valence electrons. The van der Waals surface area contributed by atoms with Gasteiger partial charge in [-0.25, -0.2) is 4.98 Å². The van der Waals surface area contributed by atoms with E-state index in [1.165, 1.54) is 5.56 Å². The standard InChI is InChI=1S/C34H30N4O4/c1-35-34(40)32-19-27(14-15-36-32)42-26-11-9-21-8-10-24(16-23(21)17-26)37-33(39)29-20-31(22-6-4-3-5-7-22)38-30-13-12-25(41-2)18-28(29)30/h3-7,9,11-15,17-20,24H,8,10,16H2,1-2H3,(H,35,40)(H,37,39). The van der Waals surface area contributed by atoms with Crippen LogP contribution in [0.2, 0.25) is 0 Å². The summed E-state index contributed by atoms with van der Waals surface area (Å²) in [7, 11) is 3.17. The van der Waals surface area contributed by atoms with Crippen molar-refractivity contribution in [1.82, 2.24) is 20.6 Å². The van der Waals surface area contributed by atoms with Gasteiger partial charge in [0, 0.05) is 36.3 Å². The average molecular weight is 559 g/mol. The first-order chi connectivity index (χ1) is 20.5. The number of pyridine rings is 2. The van der Waals surface area contributed by atoms with Gasteiger partial charge in [0.1, 0.15) is 22.9 Å². The molecule has 6 rings (SSSR count). The number of fused-ring (bicyclic) bond motifs is 2. The summed E-state index contributed by atoms with van der Waals surface area (Å²) >= 11 is 0. The molecule has 0 saturated carbocycles. The molecule has 2 heterocycles. The predicted molar refractivity (Wildman–Crippen MR) is 161 cm³/mol. The molecule has 1 unspecified atom stereocenters. The van der Waals surface area contributed by atoms with Crippen LogP contribution in [0.5, 0.6) is 17.2 Å². The van der Waals surface area contributed by atoms with E-state index >= 15 is 0 Å². The predicted octanol–water partition coefficient (Wildman–Crippen LogP) is 5.74. The Morgan fingerprint density at radius 1 is 0.857 bits per heavy atom. The minimum atomic E-state index is -0.277. The molecule has 3 aromatic carbocycles. The van der Waals surface area contributed by atoms with Gasteiger partial charge >= 0.3 is 0 Å². The van der Waals surface area contributed by atoms with E-state index in [1.807, 2.05) is 66.7 Å². The first-order valence-corrected chi connectivity index (χ1v) is 13.8. The van der Waals surface area contributed by atoms with Crippen LogP contribution in [0.25, 0.3) is 22.2 Å². The molecule has 2 aromatic heterocycles. The minimum Gasteiger partial charge on any atom is -0.497 e. The fourth-order valence-corrected chi connectivity index (χ4v) is 5.32. The Balaban J connectivity index is 1.24. The molecular weight excluding hydrogens is 528 g/mol. The van der Waals surface area contributed by atoms with E-state index in [4.69, 9.17) is 14.5 Å². The summed E-state index contributed by atoms with van der Waals surface area (Å²) in [5.74, 6) is 1.43. The lowest BCUT2D eigenvalue weighted by Crippen LogP contribution is -2.39. The van der Waals surface area contributed by atoms with Gasteiger partial charge in [-0.3, -0.25) is 14.6 Å². The van der Waals surface area contributed by atoms with Crippen molar-refractivity contribution >= 4 is 22.7 Å². The van der Waals surface area contributed by atoms with Crippen LogP contribution < -0.4 is 20.1 Å². The van der Waals surface area contributed by atoms with Gasteiger partial charge in [0.25, 0.3) is 11.8 Å². The van der Waals surface area contributed by atoms with Gasteiger partial charge in [-0.1, -0.05) is 36.4 Å². The Morgan fingerprint density at radius 3 is 2.48 bits per heavy atom. The van der Waals surface area contributed by atoms with Crippen LogP contribution in [0.4, 0.5) is 0 Å². The zero-order chi connectivity index (χ0) is 29.1. The Kier molecular flexibility index (Phi) is 7.51. The number of amides is 2. The number of nitrogens with zero attached hydrogens (tertiary/aromatic N) is 2. The molecule has 1 aliphatic rings. The molecule has 0 bridgehead atoms. The maximum absolute atomic E-state index is 13.8. The molecule has 2 N–H and O–H groups in total. The Labute approximate surface area is 243 Å². The van der Waals surface area contributed by atoms with E-state index < -0.39 is 0 Å². The van der Waals surface area contributed by atoms with Crippen LogP contribution >= 0.6 is 0 Å². The SMILES string of the molecule is CNC(=O)c1cc(Oc2ccc3c(c2)CC(NC(=O)c2cc(-c4ccccc4)nc4ccc(OC)cc24)CC3)ccn1. The van der Waals surface area contributed by atoms with E-state index in [9.17, 15) is 9.59 Å². The van der Waals surface area contributed by atoms with Gasteiger partial charge in [-0.05, 0) is 72.9 Å². The van der Waals surface area contributed by atoms with Crippen molar-refractivity contribution in [2.24, 2.45) is 0 Å². The molecule has 5 aromatic rings. The number of hydrogen-bond donors (Lipinski definition) is 2. The van der Waals surface area contributed by atoms with E-state index in [1.54, 1.807) is 32.5 Å². The Morgan fingerprint density at radius 2 is 1.67 bits per heavy atom. The zero-order valence-corrected chi connectivity index (χ0v) is 23.4. The highest BCUT2D eigenvalue weighted by molar-refractivity contribution is 6.07. The van der Waals surface area contributed by atoms with Crippen molar-refractivity contribution in [1.29, 1.82) is 0 Å². The lowest BCUT2D eigenvalue weighted by Gasteiger charge is -2.26. The molecule has 1 atom stereocenters. The van der Waals surface area contributed by atoms with Gasteiger partial charge in [0.2, 0.25) is 0 Å². The highest BCUT2D eigenvalue weighted by Crippen LogP contribution is 2.31. The summed E-state index contributed by atoms with van der Waals surface area (Å²) < 4.78 is 11.5. The van der Waals surface area contributed by atoms with Crippen molar-refractivity contribution in [3.63, 3.8) is 0 Å². The average Bonchev–Trinajstić information content (AvgIpc) is 3.04. The van der Waals surface area contributed by atoms with Crippen LogP contribution in [-0.2, 0) is 12.8 Å². The van der Waals surface area contributed by atoms with Gasteiger partial charge in [0.15, 0.2) is 0 Å². The third-order valence-electron chi connectivity index (χ3n) is 7.50. The largest absolute Gasteiger partial charge is 0.497 e. The summed E-state index contributed by atoms with van der Waals surface area (Å²) in [6.07, 6.45) is 3.90. The summed E-state index contributed by atoms with van der Waals surface area (Å²) in [4.78, 5) is 34.7. The topological polar surface area (TPSA) is 102 Å². The molecule has 0 aliphatic heterocycles. The van der Waals surface area contributed by atoms with Crippen LogP contribution in [0.3, 0.4) is 0 Å². The lowest BCUT2D eigenvalue weighted by atomic mass is 9.88. The van der Waals surface area contributed by atoms with Crippen LogP contribution in [0.1, 0.15) is 38.4 Å². The van der Waals surface area contributed by atoms with Crippen molar-refractivity contribution in [2.75, 3.05) is 14.2 Å². The van der Waals surface area contributed by atoms with Gasteiger partial charge in [0.05, 0.1) is 23.9 Å². The Bertz CT molecular complexity index is 1790. The molecule has 0 fully saturated rings. The summed E-state index contributed by atoms with van der Waals surface area (Å²) in [5.41, 5.74) is 5.62. The lowest BCUT2D eigenvalue weighted by molar-refractivity contribution is 0.0932. The van der Waals surface area contributed by atoms with E-state index in [2.05, 4.69) is 21.7 Å². The first-order valence-electron chi connectivity index (χ1n) is 13.8. The second kappa shape index (κ2) is 11.7. The van der Waals surface area contributed by atoms with E-state index in [-0.39, 0.29) is 23.6 Å². The number of aromatic nitrogens is 2. The number of ether oxygens (including phenoxy) is 2. The molecule has 0 radical (unpaired) electrons. The number of methoxy groups -OCH3 is 1.